The summed E-state index contributed by atoms with van der Waals surface area (Å²) in [4.78, 5) is 15.6. The second kappa shape index (κ2) is 8.39. The molecule has 0 bridgehead atoms. The molecular weight excluding hydrogens is 439 g/mol. The number of aromatic nitrogens is 4. The van der Waals surface area contributed by atoms with Gasteiger partial charge in [-0.15, -0.1) is 0 Å². The first-order valence-electron chi connectivity index (χ1n) is 10.3. The molecule has 10 heteroatoms. The van der Waals surface area contributed by atoms with Gasteiger partial charge in [-0.25, -0.2) is 14.4 Å². The number of amidine groups is 1. The summed E-state index contributed by atoms with van der Waals surface area (Å²) in [7, 11) is 3.03. The predicted molar refractivity (Wildman–Crippen MR) is 126 cm³/mol. The molecule has 0 radical (unpaired) electrons. The van der Waals surface area contributed by atoms with Gasteiger partial charge in [0.2, 0.25) is 5.75 Å². The second-order valence-corrected chi connectivity index (χ2v) is 7.58. The van der Waals surface area contributed by atoms with Crippen LogP contribution in [0.4, 0.5) is 4.39 Å². The molecular formula is C24H21FN6O3. The van der Waals surface area contributed by atoms with E-state index in [0.29, 0.717) is 57.4 Å². The molecule has 2 aromatic heterocycles. The average Bonchev–Trinajstić information content (AvgIpc) is 3.41. The van der Waals surface area contributed by atoms with Crippen molar-refractivity contribution in [2.75, 3.05) is 14.2 Å². The van der Waals surface area contributed by atoms with Gasteiger partial charge in [-0.1, -0.05) is 6.07 Å². The Morgan fingerprint density at radius 2 is 1.65 bits per heavy atom. The summed E-state index contributed by atoms with van der Waals surface area (Å²) in [6.07, 6.45) is 0.345. The Morgan fingerprint density at radius 1 is 0.941 bits per heavy atom. The third-order valence-corrected chi connectivity index (χ3v) is 5.34. The molecule has 0 saturated heterocycles. The SMILES string of the molecule is COc1cccc(OC)c1Oc1cc(F)cc2[nH]c(Cc3nc4cc(C(=N)N)ccc4[nH]3)nc12. The van der Waals surface area contributed by atoms with Crippen LogP contribution in [0.3, 0.4) is 0 Å². The molecule has 5 aromatic rings. The van der Waals surface area contributed by atoms with Gasteiger partial charge in [0, 0.05) is 11.6 Å². The zero-order valence-electron chi connectivity index (χ0n) is 18.4. The monoisotopic (exact) mass is 460 g/mol. The molecule has 2 heterocycles. The molecule has 0 unspecified atom stereocenters. The first-order chi connectivity index (χ1) is 16.4. The van der Waals surface area contributed by atoms with E-state index in [4.69, 9.17) is 25.4 Å². The number of nitrogen functional groups attached to an aromatic ring is 1. The van der Waals surface area contributed by atoms with E-state index in [9.17, 15) is 4.39 Å². The number of halogens is 1. The van der Waals surface area contributed by atoms with Crippen molar-refractivity contribution < 1.29 is 18.6 Å². The number of H-pyrrole nitrogens is 2. The van der Waals surface area contributed by atoms with E-state index in [-0.39, 0.29) is 11.6 Å². The van der Waals surface area contributed by atoms with E-state index in [1.165, 1.54) is 26.4 Å². The highest BCUT2D eigenvalue weighted by Gasteiger charge is 2.18. The van der Waals surface area contributed by atoms with Crippen LogP contribution in [0.2, 0.25) is 0 Å². The predicted octanol–water partition coefficient (Wildman–Crippen LogP) is 4.26. The second-order valence-electron chi connectivity index (χ2n) is 7.58. The third kappa shape index (κ3) is 3.85. The minimum absolute atomic E-state index is 0.0232. The fourth-order valence-corrected chi connectivity index (χ4v) is 3.76. The van der Waals surface area contributed by atoms with Gasteiger partial charge < -0.3 is 29.9 Å². The maximum atomic E-state index is 14.4. The van der Waals surface area contributed by atoms with Gasteiger partial charge >= 0.3 is 0 Å². The fraction of sp³-hybridized carbons (Fsp3) is 0.125. The highest BCUT2D eigenvalue weighted by molar-refractivity contribution is 5.97. The molecule has 0 atom stereocenters. The van der Waals surface area contributed by atoms with Crippen molar-refractivity contribution in [1.82, 2.24) is 19.9 Å². The maximum absolute atomic E-state index is 14.4. The Bertz CT molecular complexity index is 1520. The molecule has 5 rings (SSSR count). The Morgan fingerprint density at radius 3 is 2.35 bits per heavy atom. The van der Waals surface area contributed by atoms with Crippen molar-refractivity contribution in [2.45, 2.75) is 6.42 Å². The van der Waals surface area contributed by atoms with Crippen LogP contribution >= 0.6 is 0 Å². The maximum Gasteiger partial charge on any atom is 0.211 e. The Hall–Kier alpha value is -4.60. The standard InChI is InChI=1S/C24H21FN6O3/c1-32-17-4-3-5-18(33-2)23(17)34-19-10-13(25)9-16-22(19)31-21(30-16)11-20-28-14-7-6-12(24(26)27)8-15(14)29-20/h3-10H,11H2,1-2H3,(H3,26,27)(H,28,29)(H,30,31). The lowest BCUT2D eigenvalue weighted by molar-refractivity contribution is 0.347. The number of imidazole rings is 2. The van der Waals surface area contributed by atoms with Crippen LogP contribution in [-0.4, -0.2) is 40.0 Å². The molecule has 0 aliphatic heterocycles. The van der Waals surface area contributed by atoms with E-state index in [0.717, 1.165) is 5.52 Å². The van der Waals surface area contributed by atoms with Crippen molar-refractivity contribution >= 4 is 27.9 Å². The van der Waals surface area contributed by atoms with Gasteiger partial charge in [0.25, 0.3) is 0 Å². The summed E-state index contributed by atoms with van der Waals surface area (Å²) in [6, 6.07) is 13.2. The van der Waals surface area contributed by atoms with Crippen LogP contribution < -0.4 is 19.9 Å². The molecule has 172 valence electrons. The number of hydrogen-bond donors (Lipinski definition) is 4. The van der Waals surface area contributed by atoms with Crippen molar-refractivity contribution in [3.05, 3.63) is 71.6 Å². The fourth-order valence-electron chi connectivity index (χ4n) is 3.76. The quantitative estimate of drug-likeness (QED) is 0.212. The molecule has 0 saturated carbocycles. The summed E-state index contributed by atoms with van der Waals surface area (Å²) in [5, 5.41) is 7.59. The highest BCUT2D eigenvalue weighted by atomic mass is 19.1. The lowest BCUT2D eigenvalue weighted by Gasteiger charge is -2.14. The van der Waals surface area contributed by atoms with Gasteiger partial charge in [0.15, 0.2) is 17.2 Å². The number of benzene rings is 3. The van der Waals surface area contributed by atoms with Crippen LogP contribution in [0, 0.1) is 11.2 Å². The number of methoxy groups -OCH3 is 2. The van der Waals surface area contributed by atoms with Gasteiger partial charge in [-0.2, -0.15) is 0 Å². The Kier molecular flexibility index (Phi) is 5.25. The zero-order chi connectivity index (χ0) is 23.8. The van der Waals surface area contributed by atoms with Crippen molar-refractivity contribution in [2.24, 2.45) is 5.73 Å². The van der Waals surface area contributed by atoms with Crippen molar-refractivity contribution in [1.29, 1.82) is 5.41 Å². The smallest absolute Gasteiger partial charge is 0.211 e. The van der Waals surface area contributed by atoms with Gasteiger partial charge in [0.1, 0.15) is 28.8 Å². The molecule has 34 heavy (non-hydrogen) atoms. The number of hydrogen-bond acceptors (Lipinski definition) is 6. The van der Waals surface area contributed by atoms with E-state index < -0.39 is 5.82 Å². The minimum Gasteiger partial charge on any atom is -0.493 e. The Balaban J connectivity index is 1.51. The number of rotatable bonds is 7. The summed E-state index contributed by atoms with van der Waals surface area (Å²) in [5.41, 5.74) is 8.61. The molecule has 0 aliphatic carbocycles. The topological polar surface area (TPSA) is 135 Å². The van der Waals surface area contributed by atoms with Crippen LogP contribution in [0.25, 0.3) is 22.1 Å². The van der Waals surface area contributed by atoms with Crippen LogP contribution in [0.1, 0.15) is 17.2 Å². The lowest BCUT2D eigenvalue weighted by Crippen LogP contribution is -2.10. The molecule has 9 nitrogen and oxygen atoms in total. The molecule has 0 spiro atoms. The van der Waals surface area contributed by atoms with E-state index in [1.54, 1.807) is 30.3 Å². The van der Waals surface area contributed by atoms with Crippen LogP contribution in [-0.2, 0) is 6.42 Å². The number of ether oxygens (including phenoxy) is 3. The van der Waals surface area contributed by atoms with Gasteiger partial charge in [-0.3, -0.25) is 5.41 Å². The Labute approximate surface area is 193 Å². The zero-order valence-corrected chi connectivity index (χ0v) is 18.4. The summed E-state index contributed by atoms with van der Waals surface area (Å²) < 4.78 is 31.2. The summed E-state index contributed by atoms with van der Waals surface area (Å²) >= 11 is 0. The normalized spacial score (nSPS) is 11.1. The van der Waals surface area contributed by atoms with Crippen molar-refractivity contribution in [3.63, 3.8) is 0 Å². The lowest BCUT2D eigenvalue weighted by atomic mass is 10.2. The number of para-hydroxylation sites is 1. The first kappa shape index (κ1) is 21.3. The number of nitrogens with zero attached hydrogens (tertiary/aromatic N) is 2. The first-order valence-corrected chi connectivity index (χ1v) is 10.3. The molecule has 5 N–H and O–H groups in total. The number of fused-ring (bicyclic) bond motifs is 2. The highest BCUT2D eigenvalue weighted by Crippen LogP contribution is 2.41. The third-order valence-electron chi connectivity index (χ3n) is 5.34. The van der Waals surface area contributed by atoms with Crippen LogP contribution in [0.5, 0.6) is 23.0 Å². The minimum atomic E-state index is -0.480. The van der Waals surface area contributed by atoms with Crippen LogP contribution in [0.15, 0.2) is 48.5 Å². The molecule has 3 aromatic carbocycles. The van der Waals surface area contributed by atoms with E-state index in [1.807, 2.05) is 6.07 Å². The largest absolute Gasteiger partial charge is 0.493 e. The summed E-state index contributed by atoms with van der Waals surface area (Å²) in [6.45, 7) is 0. The number of aromatic amines is 2. The van der Waals surface area contributed by atoms with E-state index in [2.05, 4.69) is 19.9 Å². The van der Waals surface area contributed by atoms with Crippen molar-refractivity contribution in [3.8, 4) is 23.0 Å². The molecule has 0 fully saturated rings. The molecule has 0 amide bonds. The molecule has 0 aliphatic rings. The number of nitrogens with one attached hydrogen (secondary N) is 3. The average molecular weight is 460 g/mol. The van der Waals surface area contributed by atoms with Gasteiger partial charge in [0.05, 0.1) is 37.2 Å². The van der Waals surface area contributed by atoms with Gasteiger partial charge in [-0.05, 0) is 36.4 Å². The number of nitrogens with two attached hydrogens (primary N) is 1. The van der Waals surface area contributed by atoms with E-state index >= 15 is 0 Å². The summed E-state index contributed by atoms with van der Waals surface area (Å²) in [5.74, 6) is 2.15.